The number of rotatable bonds is 6. The second kappa shape index (κ2) is 9.91. The molecule has 0 aliphatic carbocycles. The van der Waals surface area contributed by atoms with Gasteiger partial charge in [-0.3, -0.25) is 14.9 Å². The van der Waals surface area contributed by atoms with Gasteiger partial charge in [-0.05, 0) is 18.2 Å². The van der Waals surface area contributed by atoms with Crippen LogP contribution in [0.3, 0.4) is 0 Å². The molecule has 4 aromatic rings. The highest BCUT2D eigenvalue weighted by Gasteiger charge is 2.29. The van der Waals surface area contributed by atoms with E-state index in [1.807, 2.05) is 0 Å². The first-order valence-corrected chi connectivity index (χ1v) is 10.7. The molecule has 0 bridgehead atoms. The molecule has 0 aliphatic heterocycles. The monoisotopic (exact) mass is 494 g/mol. The Morgan fingerprint density at radius 1 is 0.853 bits per heavy atom. The molecule has 34 heavy (non-hydrogen) atoms. The quantitative estimate of drug-likeness (QED) is 0.264. The maximum atomic E-state index is 13.2. The van der Waals surface area contributed by atoms with Crippen LogP contribution >= 0.6 is 23.2 Å². The average molecular weight is 495 g/mol. The van der Waals surface area contributed by atoms with Gasteiger partial charge >= 0.3 is 5.97 Å². The summed E-state index contributed by atoms with van der Waals surface area (Å²) in [6.45, 7) is 0. The number of anilines is 1. The molecule has 1 N–H and O–H groups in total. The maximum Gasteiger partial charge on any atom is 0.345 e. The molecule has 0 spiro atoms. The lowest BCUT2D eigenvalue weighted by Gasteiger charge is -2.09. The SMILES string of the molecule is COC(=O)c1c(-c2c(Cl)cccc2Cl)noc1NC(=O)c1ccccc1C(=O)c1ccccc1. The fourth-order valence-electron chi connectivity index (χ4n) is 3.36. The lowest BCUT2D eigenvalue weighted by molar-refractivity contribution is 0.0602. The highest BCUT2D eigenvalue weighted by atomic mass is 35.5. The molecule has 0 fully saturated rings. The molecule has 0 aliphatic rings. The molecule has 1 aromatic heterocycles. The predicted octanol–water partition coefficient (Wildman–Crippen LogP) is 5.92. The molecule has 170 valence electrons. The van der Waals surface area contributed by atoms with Crippen molar-refractivity contribution in [3.8, 4) is 11.3 Å². The van der Waals surface area contributed by atoms with Crippen molar-refractivity contribution in [2.75, 3.05) is 12.4 Å². The molecule has 0 atom stereocenters. The average Bonchev–Trinajstić information content (AvgIpc) is 3.26. The number of benzene rings is 3. The van der Waals surface area contributed by atoms with Crippen molar-refractivity contribution in [2.45, 2.75) is 0 Å². The van der Waals surface area contributed by atoms with Crippen LogP contribution in [0.5, 0.6) is 0 Å². The summed E-state index contributed by atoms with van der Waals surface area (Å²) >= 11 is 12.5. The first-order chi connectivity index (χ1) is 16.4. The largest absolute Gasteiger partial charge is 0.465 e. The molecule has 7 nitrogen and oxygen atoms in total. The fraction of sp³-hybridized carbons (Fsp3) is 0.0400. The Morgan fingerprint density at radius 3 is 2.12 bits per heavy atom. The number of hydrogen-bond donors (Lipinski definition) is 1. The number of methoxy groups -OCH3 is 1. The summed E-state index contributed by atoms with van der Waals surface area (Å²) in [6.07, 6.45) is 0. The van der Waals surface area contributed by atoms with Crippen LogP contribution in [0.15, 0.2) is 77.3 Å². The van der Waals surface area contributed by atoms with Gasteiger partial charge in [0.15, 0.2) is 11.3 Å². The first-order valence-electron chi connectivity index (χ1n) is 9.95. The van der Waals surface area contributed by atoms with Crippen molar-refractivity contribution in [1.82, 2.24) is 5.16 Å². The molecule has 0 saturated heterocycles. The third-order valence-corrected chi connectivity index (χ3v) is 5.59. The zero-order chi connectivity index (χ0) is 24.2. The van der Waals surface area contributed by atoms with Crippen LogP contribution in [0.2, 0.25) is 10.0 Å². The molecular weight excluding hydrogens is 479 g/mol. The summed E-state index contributed by atoms with van der Waals surface area (Å²) in [5.41, 5.74) is 0.771. The van der Waals surface area contributed by atoms with Gasteiger partial charge in [-0.2, -0.15) is 0 Å². The number of halogens is 2. The number of amides is 1. The summed E-state index contributed by atoms with van der Waals surface area (Å²) < 4.78 is 10.1. The van der Waals surface area contributed by atoms with Gasteiger partial charge in [-0.1, -0.05) is 83.0 Å². The van der Waals surface area contributed by atoms with Gasteiger partial charge in [-0.25, -0.2) is 4.79 Å². The summed E-state index contributed by atoms with van der Waals surface area (Å²) in [4.78, 5) is 38.7. The second-order valence-electron chi connectivity index (χ2n) is 7.02. The van der Waals surface area contributed by atoms with E-state index in [9.17, 15) is 14.4 Å². The van der Waals surface area contributed by atoms with E-state index in [-0.39, 0.29) is 49.7 Å². The Balaban J connectivity index is 1.74. The maximum absolute atomic E-state index is 13.2. The van der Waals surface area contributed by atoms with E-state index in [0.717, 1.165) is 0 Å². The highest BCUT2D eigenvalue weighted by molar-refractivity contribution is 6.39. The summed E-state index contributed by atoms with van der Waals surface area (Å²) in [5.74, 6) is -2.11. The van der Waals surface area contributed by atoms with E-state index in [0.29, 0.717) is 5.56 Å². The van der Waals surface area contributed by atoms with Crippen LogP contribution in [-0.2, 0) is 4.74 Å². The zero-order valence-corrected chi connectivity index (χ0v) is 19.2. The van der Waals surface area contributed by atoms with Gasteiger partial charge < -0.3 is 9.26 Å². The van der Waals surface area contributed by atoms with Crippen LogP contribution in [0.1, 0.15) is 36.6 Å². The minimum absolute atomic E-state index is 0.00592. The van der Waals surface area contributed by atoms with Gasteiger partial charge in [0.2, 0.25) is 5.88 Å². The van der Waals surface area contributed by atoms with Crippen molar-refractivity contribution in [3.63, 3.8) is 0 Å². The minimum atomic E-state index is -0.823. The van der Waals surface area contributed by atoms with Gasteiger partial charge in [0.05, 0.1) is 22.7 Å². The van der Waals surface area contributed by atoms with Gasteiger partial charge in [0, 0.05) is 16.7 Å². The third-order valence-electron chi connectivity index (χ3n) is 4.96. The van der Waals surface area contributed by atoms with Crippen LogP contribution in [-0.4, -0.2) is 29.9 Å². The molecule has 1 amide bonds. The molecule has 0 saturated carbocycles. The Hall–Kier alpha value is -3.94. The number of ether oxygens (including phenoxy) is 1. The Labute approximate surface area is 204 Å². The Bertz CT molecular complexity index is 1380. The molecule has 0 radical (unpaired) electrons. The van der Waals surface area contributed by atoms with Crippen LogP contribution in [0.4, 0.5) is 5.88 Å². The lowest BCUT2D eigenvalue weighted by Crippen LogP contribution is -2.18. The minimum Gasteiger partial charge on any atom is -0.465 e. The van der Waals surface area contributed by atoms with E-state index >= 15 is 0 Å². The second-order valence-corrected chi connectivity index (χ2v) is 7.83. The number of aromatic nitrogens is 1. The topological polar surface area (TPSA) is 98.5 Å². The van der Waals surface area contributed by atoms with Gasteiger partial charge in [0.25, 0.3) is 5.91 Å². The van der Waals surface area contributed by atoms with Crippen molar-refractivity contribution in [2.24, 2.45) is 0 Å². The molecule has 9 heteroatoms. The first kappa shape index (κ1) is 23.2. The van der Waals surface area contributed by atoms with Gasteiger partial charge in [0.1, 0.15) is 5.69 Å². The number of carbonyl (C=O) groups excluding carboxylic acids is 3. The van der Waals surface area contributed by atoms with E-state index in [1.54, 1.807) is 66.7 Å². The molecule has 4 rings (SSSR count). The van der Waals surface area contributed by atoms with Crippen molar-refractivity contribution in [3.05, 3.63) is 105 Å². The van der Waals surface area contributed by atoms with Crippen molar-refractivity contribution >= 4 is 46.7 Å². The summed E-state index contributed by atoms with van der Waals surface area (Å²) in [5, 5.41) is 6.86. The summed E-state index contributed by atoms with van der Waals surface area (Å²) in [6, 6.07) is 19.6. The smallest absolute Gasteiger partial charge is 0.345 e. The number of hydrogen-bond acceptors (Lipinski definition) is 6. The lowest BCUT2D eigenvalue weighted by atomic mass is 9.98. The van der Waals surface area contributed by atoms with Gasteiger partial charge in [-0.15, -0.1) is 0 Å². The van der Waals surface area contributed by atoms with Crippen molar-refractivity contribution < 1.29 is 23.6 Å². The molecule has 0 unspecified atom stereocenters. The Kier molecular flexibility index (Phi) is 6.77. The molecule has 3 aromatic carbocycles. The third kappa shape index (κ3) is 4.44. The van der Waals surface area contributed by atoms with E-state index in [1.165, 1.54) is 13.2 Å². The number of carbonyl (C=O) groups is 3. The fourth-order valence-corrected chi connectivity index (χ4v) is 3.93. The Morgan fingerprint density at radius 2 is 1.47 bits per heavy atom. The normalized spacial score (nSPS) is 10.6. The predicted molar refractivity (Wildman–Crippen MR) is 128 cm³/mol. The van der Waals surface area contributed by atoms with Crippen molar-refractivity contribution in [1.29, 1.82) is 0 Å². The van der Waals surface area contributed by atoms with Crippen LogP contribution in [0.25, 0.3) is 11.3 Å². The zero-order valence-electron chi connectivity index (χ0n) is 17.7. The number of ketones is 1. The summed E-state index contributed by atoms with van der Waals surface area (Å²) in [7, 11) is 1.17. The molecular formula is C25H16Cl2N2O5. The number of nitrogens with one attached hydrogen (secondary N) is 1. The standard InChI is InChI=1S/C25H16Cl2N2O5/c1-33-25(32)20-21(19-17(26)12-7-13-18(19)27)29-34-24(20)28-23(31)16-11-6-5-10-15(16)22(30)14-8-3-2-4-9-14/h2-13H,1H3,(H,28,31). The van der Waals surface area contributed by atoms with E-state index in [2.05, 4.69) is 10.5 Å². The van der Waals surface area contributed by atoms with E-state index in [4.69, 9.17) is 32.5 Å². The number of esters is 1. The number of nitrogens with zero attached hydrogens (tertiary/aromatic N) is 1. The molecule has 1 heterocycles. The van der Waals surface area contributed by atoms with Crippen LogP contribution < -0.4 is 5.32 Å². The van der Waals surface area contributed by atoms with E-state index < -0.39 is 11.9 Å². The van der Waals surface area contributed by atoms with Crippen LogP contribution in [0, 0.1) is 0 Å². The highest BCUT2D eigenvalue weighted by Crippen LogP contribution is 2.38.